The van der Waals surface area contributed by atoms with Gasteiger partial charge in [-0.25, -0.2) is 0 Å². The number of morpholine rings is 1. The van der Waals surface area contributed by atoms with E-state index in [1.165, 1.54) is 6.07 Å². The summed E-state index contributed by atoms with van der Waals surface area (Å²) in [6, 6.07) is 3.57. The van der Waals surface area contributed by atoms with Crippen molar-refractivity contribution in [3.8, 4) is 0 Å². The third-order valence-corrected chi connectivity index (χ3v) is 4.74. The van der Waals surface area contributed by atoms with Crippen molar-refractivity contribution in [1.29, 1.82) is 0 Å². The summed E-state index contributed by atoms with van der Waals surface area (Å²) in [7, 11) is 0. The van der Waals surface area contributed by atoms with Gasteiger partial charge >= 0.3 is 6.18 Å². The first-order chi connectivity index (χ1) is 12.3. The summed E-state index contributed by atoms with van der Waals surface area (Å²) in [5.74, 6) is -0.307. The highest BCUT2D eigenvalue weighted by atomic mass is 19.4. The molecule has 3 rings (SSSR count). The standard InChI is InChI=1S/C18H24F3N3O2/c1-13-11-23(8-9-26-13)12-17(25)22-15-10-14(18(19,20)21)4-5-16(15)24-6-2-3-7-24/h4-5,10,13H,2-3,6-9,11-12H2,1H3,(H,22,25). The van der Waals surface area contributed by atoms with Gasteiger partial charge < -0.3 is 15.0 Å². The second kappa shape index (κ2) is 7.84. The van der Waals surface area contributed by atoms with Gasteiger partial charge in [0.1, 0.15) is 0 Å². The molecule has 1 amide bonds. The Morgan fingerprint density at radius 1 is 1.27 bits per heavy atom. The van der Waals surface area contributed by atoms with Crippen LogP contribution < -0.4 is 10.2 Å². The maximum absolute atomic E-state index is 13.1. The monoisotopic (exact) mass is 371 g/mol. The highest BCUT2D eigenvalue weighted by Crippen LogP contribution is 2.36. The first kappa shape index (κ1) is 19.0. The molecule has 2 heterocycles. The summed E-state index contributed by atoms with van der Waals surface area (Å²) >= 11 is 0. The van der Waals surface area contributed by atoms with Gasteiger partial charge in [0.25, 0.3) is 0 Å². The first-order valence-electron chi connectivity index (χ1n) is 8.93. The lowest BCUT2D eigenvalue weighted by molar-refractivity contribution is -0.137. The molecule has 144 valence electrons. The number of ether oxygens (including phenoxy) is 1. The minimum absolute atomic E-state index is 0.0465. The number of halogens is 3. The number of nitrogens with one attached hydrogen (secondary N) is 1. The summed E-state index contributed by atoms with van der Waals surface area (Å²) in [5, 5.41) is 2.70. The second-order valence-electron chi connectivity index (χ2n) is 6.89. The number of carbonyl (C=O) groups is 1. The van der Waals surface area contributed by atoms with E-state index in [1.54, 1.807) is 0 Å². The van der Waals surface area contributed by atoms with Crippen LogP contribution in [0.5, 0.6) is 0 Å². The second-order valence-corrected chi connectivity index (χ2v) is 6.89. The van der Waals surface area contributed by atoms with Crippen LogP contribution in [0.25, 0.3) is 0 Å². The number of hydrogen-bond acceptors (Lipinski definition) is 4. The summed E-state index contributed by atoms with van der Waals surface area (Å²) in [4.78, 5) is 16.4. The zero-order chi connectivity index (χ0) is 18.7. The van der Waals surface area contributed by atoms with E-state index in [-0.39, 0.29) is 24.2 Å². The largest absolute Gasteiger partial charge is 0.416 e. The molecular formula is C18H24F3N3O2. The van der Waals surface area contributed by atoms with Gasteiger partial charge in [-0.3, -0.25) is 9.69 Å². The number of carbonyl (C=O) groups excluding carboxylic acids is 1. The van der Waals surface area contributed by atoms with Gasteiger partial charge in [-0.05, 0) is 38.0 Å². The fourth-order valence-corrected chi connectivity index (χ4v) is 3.47. The van der Waals surface area contributed by atoms with Crippen LogP contribution in [0, 0.1) is 0 Å². The van der Waals surface area contributed by atoms with Crippen LogP contribution in [0.3, 0.4) is 0 Å². The lowest BCUT2D eigenvalue weighted by atomic mass is 10.1. The molecule has 26 heavy (non-hydrogen) atoms. The Labute approximate surface area is 151 Å². The van der Waals surface area contributed by atoms with Crippen molar-refractivity contribution in [2.75, 3.05) is 49.5 Å². The van der Waals surface area contributed by atoms with Crippen LogP contribution in [-0.4, -0.2) is 56.2 Å². The van der Waals surface area contributed by atoms with Crippen molar-refractivity contribution >= 4 is 17.3 Å². The predicted octanol–water partition coefficient (Wildman–Crippen LogP) is 2.96. The zero-order valence-electron chi connectivity index (χ0n) is 14.8. The molecule has 2 saturated heterocycles. The fourth-order valence-electron chi connectivity index (χ4n) is 3.47. The molecule has 2 aliphatic heterocycles. The van der Waals surface area contributed by atoms with E-state index >= 15 is 0 Å². The molecule has 8 heteroatoms. The predicted molar refractivity (Wildman–Crippen MR) is 93.4 cm³/mol. The molecule has 1 aromatic carbocycles. The highest BCUT2D eigenvalue weighted by molar-refractivity contribution is 5.95. The number of nitrogens with zero attached hydrogens (tertiary/aromatic N) is 2. The molecular weight excluding hydrogens is 347 g/mol. The molecule has 2 fully saturated rings. The molecule has 5 nitrogen and oxygen atoms in total. The number of anilines is 2. The van der Waals surface area contributed by atoms with E-state index in [4.69, 9.17) is 4.74 Å². The molecule has 0 aromatic heterocycles. The van der Waals surface area contributed by atoms with Gasteiger partial charge in [0.2, 0.25) is 5.91 Å². The summed E-state index contributed by atoms with van der Waals surface area (Å²) < 4.78 is 44.7. The molecule has 0 bridgehead atoms. The van der Waals surface area contributed by atoms with Crippen LogP contribution in [0.4, 0.5) is 24.5 Å². The van der Waals surface area contributed by atoms with Crippen molar-refractivity contribution in [2.45, 2.75) is 32.0 Å². The minimum atomic E-state index is -4.44. The quantitative estimate of drug-likeness (QED) is 0.884. The third kappa shape index (κ3) is 4.67. The van der Waals surface area contributed by atoms with Crippen molar-refractivity contribution in [3.05, 3.63) is 23.8 Å². The smallest absolute Gasteiger partial charge is 0.376 e. The minimum Gasteiger partial charge on any atom is -0.376 e. The number of hydrogen-bond donors (Lipinski definition) is 1. The van der Waals surface area contributed by atoms with Gasteiger partial charge in [-0.15, -0.1) is 0 Å². The van der Waals surface area contributed by atoms with E-state index in [9.17, 15) is 18.0 Å². The first-order valence-corrected chi connectivity index (χ1v) is 8.93. The fraction of sp³-hybridized carbons (Fsp3) is 0.611. The molecule has 1 aromatic rings. The molecule has 1 unspecified atom stereocenters. The SMILES string of the molecule is CC1CN(CC(=O)Nc2cc(C(F)(F)F)ccc2N2CCCC2)CCO1. The van der Waals surface area contributed by atoms with E-state index in [1.807, 2.05) is 16.7 Å². The third-order valence-electron chi connectivity index (χ3n) is 4.74. The summed E-state index contributed by atoms with van der Waals surface area (Å²) in [5.41, 5.74) is 0.128. The van der Waals surface area contributed by atoms with Gasteiger partial charge in [-0.2, -0.15) is 13.2 Å². The average Bonchev–Trinajstić information content (AvgIpc) is 3.08. The topological polar surface area (TPSA) is 44.8 Å². The Bertz CT molecular complexity index is 645. The lowest BCUT2D eigenvalue weighted by Crippen LogP contribution is -2.44. The van der Waals surface area contributed by atoms with Gasteiger partial charge in [0, 0.05) is 26.2 Å². The normalized spacial score (nSPS) is 21.8. The van der Waals surface area contributed by atoms with Gasteiger partial charge in [-0.1, -0.05) is 0 Å². The van der Waals surface area contributed by atoms with Crippen LogP contribution in [-0.2, 0) is 15.7 Å². The Morgan fingerprint density at radius 3 is 2.65 bits per heavy atom. The molecule has 0 radical (unpaired) electrons. The molecule has 1 N–H and O–H groups in total. The van der Waals surface area contributed by atoms with E-state index in [0.717, 1.165) is 38.1 Å². The maximum Gasteiger partial charge on any atom is 0.416 e. The van der Waals surface area contributed by atoms with Crippen LogP contribution in [0.15, 0.2) is 18.2 Å². The number of rotatable bonds is 4. The molecule has 0 aliphatic carbocycles. The number of benzene rings is 1. The Balaban J connectivity index is 1.76. The Morgan fingerprint density at radius 2 is 2.00 bits per heavy atom. The Hall–Kier alpha value is -1.80. The summed E-state index contributed by atoms with van der Waals surface area (Å²) in [6.45, 7) is 5.47. The molecule has 1 atom stereocenters. The van der Waals surface area contributed by atoms with Gasteiger partial charge in [0.05, 0.1) is 36.2 Å². The van der Waals surface area contributed by atoms with Crippen molar-refractivity contribution in [1.82, 2.24) is 4.90 Å². The molecule has 0 saturated carbocycles. The molecule has 2 aliphatic rings. The van der Waals surface area contributed by atoms with Crippen molar-refractivity contribution in [2.24, 2.45) is 0 Å². The van der Waals surface area contributed by atoms with Gasteiger partial charge in [0.15, 0.2) is 0 Å². The van der Waals surface area contributed by atoms with Crippen LogP contribution >= 0.6 is 0 Å². The molecule has 0 spiro atoms. The van der Waals surface area contributed by atoms with Crippen LogP contribution in [0.1, 0.15) is 25.3 Å². The number of alkyl halides is 3. The van der Waals surface area contributed by atoms with E-state index < -0.39 is 11.7 Å². The van der Waals surface area contributed by atoms with Crippen molar-refractivity contribution in [3.63, 3.8) is 0 Å². The van der Waals surface area contributed by atoms with Crippen LogP contribution in [0.2, 0.25) is 0 Å². The maximum atomic E-state index is 13.1. The average molecular weight is 371 g/mol. The summed E-state index contributed by atoms with van der Waals surface area (Å²) in [6.07, 6.45) is -2.40. The van der Waals surface area contributed by atoms with E-state index in [0.29, 0.717) is 25.4 Å². The highest BCUT2D eigenvalue weighted by Gasteiger charge is 2.32. The zero-order valence-corrected chi connectivity index (χ0v) is 14.8. The van der Waals surface area contributed by atoms with E-state index in [2.05, 4.69) is 5.32 Å². The lowest BCUT2D eigenvalue weighted by Gasteiger charge is -2.30. The Kier molecular flexibility index (Phi) is 5.72. The van der Waals surface area contributed by atoms with Crippen molar-refractivity contribution < 1.29 is 22.7 Å². The number of amides is 1.